The standard InChI is InChI=1S/C19H22F3NO3/c1-18(2,3)26-17(25)23-11-5-4-6-14(16(23)24)12-13-7-9-15(10-8-13)19(20,21)22/h7-10,12H,4-6,11H2,1-3H3/b14-12+. The SMILES string of the molecule is CC(C)(C)OC(=O)N1CCCC/C(=C\c2ccc(C(F)(F)F)cc2)C1=O. The summed E-state index contributed by atoms with van der Waals surface area (Å²) in [6.45, 7) is 5.41. The van der Waals surface area contributed by atoms with Gasteiger partial charge in [0.05, 0.1) is 5.56 Å². The number of amides is 2. The molecule has 26 heavy (non-hydrogen) atoms. The van der Waals surface area contributed by atoms with E-state index in [9.17, 15) is 22.8 Å². The summed E-state index contributed by atoms with van der Waals surface area (Å²) in [5.41, 5.74) is -0.608. The maximum atomic E-state index is 12.7. The number of carbonyl (C=O) groups is 2. The first-order chi connectivity index (χ1) is 12.0. The van der Waals surface area contributed by atoms with Gasteiger partial charge in [0.2, 0.25) is 0 Å². The second-order valence-electron chi connectivity index (χ2n) is 7.18. The summed E-state index contributed by atoms with van der Waals surface area (Å²) in [6, 6.07) is 4.57. The first-order valence-corrected chi connectivity index (χ1v) is 8.40. The van der Waals surface area contributed by atoms with Crippen LogP contribution in [0.1, 0.15) is 51.2 Å². The Hall–Kier alpha value is -2.31. The minimum atomic E-state index is -4.41. The molecule has 1 fully saturated rings. The number of alkyl halides is 3. The lowest BCUT2D eigenvalue weighted by molar-refractivity contribution is -0.137. The molecule has 4 nitrogen and oxygen atoms in total. The molecule has 1 aromatic rings. The third kappa shape index (κ3) is 5.34. The first kappa shape index (κ1) is 20.0. The van der Waals surface area contributed by atoms with E-state index in [-0.39, 0.29) is 6.54 Å². The van der Waals surface area contributed by atoms with Crippen molar-refractivity contribution in [3.8, 4) is 0 Å². The van der Waals surface area contributed by atoms with Gasteiger partial charge in [0.15, 0.2) is 0 Å². The van der Waals surface area contributed by atoms with Gasteiger partial charge in [-0.1, -0.05) is 12.1 Å². The lowest BCUT2D eigenvalue weighted by atomic mass is 10.0. The van der Waals surface area contributed by atoms with E-state index >= 15 is 0 Å². The van der Waals surface area contributed by atoms with Crippen LogP contribution in [0, 0.1) is 0 Å². The first-order valence-electron chi connectivity index (χ1n) is 8.40. The van der Waals surface area contributed by atoms with E-state index in [1.54, 1.807) is 20.8 Å². The quantitative estimate of drug-likeness (QED) is 0.652. The van der Waals surface area contributed by atoms with Crippen LogP contribution in [0.15, 0.2) is 29.8 Å². The molecular formula is C19H22F3NO3. The molecule has 2 rings (SSSR count). The van der Waals surface area contributed by atoms with E-state index < -0.39 is 29.3 Å². The Morgan fingerprint density at radius 3 is 2.27 bits per heavy atom. The Labute approximate surface area is 150 Å². The number of rotatable bonds is 1. The molecule has 1 aliphatic heterocycles. The van der Waals surface area contributed by atoms with Crippen LogP contribution in [0.2, 0.25) is 0 Å². The van der Waals surface area contributed by atoms with E-state index in [2.05, 4.69) is 0 Å². The van der Waals surface area contributed by atoms with E-state index in [0.29, 0.717) is 30.4 Å². The zero-order chi connectivity index (χ0) is 19.5. The summed E-state index contributed by atoms with van der Waals surface area (Å²) in [7, 11) is 0. The average molecular weight is 369 g/mol. The van der Waals surface area contributed by atoms with Crippen molar-refractivity contribution in [3.05, 3.63) is 41.0 Å². The molecule has 0 aliphatic carbocycles. The molecule has 0 saturated carbocycles. The number of benzene rings is 1. The van der Waals surface area contributed by atoms with E-state index in [4.69, 9.17) is 4.74 Å². The fourth-order valence-electron chi connectivity index (χ4n) is 2.56. The smallest absolute Gasteiger partial charge is 0.417 e. The zero-order valence-electron chi connectivity index (χ0n) is 15.0. The van der Waals surface area contributed by atoms with Crippen molar-refractivity contribution in [2.24, 2.45) is 0 Å². The van der Waals surface area contributed by atoms with Gasteiger partial charge < -0.3 is 4.74 Å². The Bertz CT molecular complexity index is 700. The molecule has 0 N–H and O–H groups in total. The van der Waals surface area contributed by atoms with Gasteiger partial charge in [-0.2, -0.15) is 13.2 Å². The summed E-state index contributed by atoms with van der Waals surface area (Å²) in [6.07, 6.45) is -1.77. The van der Waals surface area contributed by atoms with Crippen molar-refractivity contribution in [1.29, 1.82) is 0 Å². The van der Waals surface area contributed by atoms with Gasteiger partial charge in [-0.25, -0.2) is 9.69 Å². The number of imide groups is 1. The molecule has 1 saturated heterocycles. The van der Waals surface area contributed by atoms with Gasteiger partial charge in [0.1, 0.15) is 5.60 Å². The summed E-state index contributed by atoms with van der Waals surface area (Å²) in [4.78, 5) is 26.0. The van der Waals surface area contributed by atoms with Crippen LogP contribution < -0.4 is 0 Å². The molecule has 0 unspecified atom stereocenters. The minimum absolute atomic E-state index is 0.262. The molecule has 0 radical (unpaired) electrons. The largest absolute Gasteiger partial charge is 0.443 e. The van der Waals surface area contributed by atoms with Crippen molar-refractivity contribution in [2.75, 3.05) is 6.54 Å². The lowest BCUT2D eigenvalue weighted by Gasteiger charge is -2.25. The number of nitrogens with zero attached hydrogens (tertiary/aromatic N) is 1. The molecule has 0 bridgehead atoms. The van der Waals surface area contributed by atoms with Gasteiger partial charge in [-0.3, -0.25) is 4.79 Å². The topological polar surface area (TPSA) is 46.6 Å². The highest BCUT2D eigenvalue weighted by Crippen LogP contribution is 2.30. The number of halogens is 3. The van der Waals surface area contributed by atoms with Crippen LogP contribution >= 0.6 is 0 Å². The molecule has 0 aromatic heterocycles. The Kier molecular flexibility index (Phi) is 5.78. The minimum Gasteiger partial charge on any atom is -0.443 e. The monoisotopic (exact) mass is 369 g/mol. The van der Waals surface area contributed by atoms with Gasteiger partial charge in [0, 0.05) is 12.1 Å². The van der Waals surface area contributed by atoms with Crippen LogP contribution in [0.4, 0.5) is 18.0 Å². The Balaban J connectivity index is 2.23. The van der Waals surface area contributed by atoms with E-state index in [1.807, 2.05) is 0 Å². The molecule has 1 aromatic carbocycles. The Morgan fingerprint density at radius 2 is 1.73 bits per heavy atom. The maximum Gasteiger partial charge on any atom is 0.417 e. The van der Waals surface area contributed by atoms with Crippen LogP contribution in [-0.2, 0) is 15.7 Å². The van der Waals surface area contributed by atoms with Crippen molar-refractivity contribution in [2.45, 2.75) is 51.8 Å². The van der Waals surface area contributed by atoms with Gasteiger partial charge in [-0.05, 0) is 63.8 Å². The van der Waals surface area contributed by atoms with Gasteiger partial charge in [-0.15, -0.1) is 0 Å². The van der Waals surface area contributed by atoms with Gasteiger partial charge >= 0.3 is 12.3 Å². The van der Waals surface area contributed by atoms with Crippen molar-refractivity contribution in [1.82, 2.24) is 4.90 Å². The Morgan fingerprint density at radius 1 is 1.12 bits per heavy atom. The molecule has 1 aliphatic rings. The van der Waals surface area contributed by atoms with Gasteiger partial charge in [0.25, 0.3) is 5.91 Å². The molecule has 0 atom stereocenters. The van der Waals surface area contributed by atoms with Crippen LogP contribution in [0.3, 0.4) is 0 Å². The number of likely N-dealkylation sites (tertiary alicyclic amines) is 1. The number of hydrogen-bond donors (Lipinski definition) is 0. The van der Waals surface area contributed by atoms with Crippen LogP contribution in [0.5, 0.6) is 0 Å². The zero-order valence-corrected chi connectivity index (χ0v) is 15.0. The molecule has 1 heterocycles. The fourth-order valence-corrected chi connectivity index (χ4v) is 2.56. The summed E-state index contributed by atoms with van der Waals surface area (Å²) in [5.74, 6) is -0.461. The second kappa shape index (κ2) is 7.51. The number of hydrogen-bond acceptors (Lipinski definition) is 3. The lowest BCUT2D eigenvalue weighted by Crippen LogP contribution is -2.41. The predicted molar refractivity (Wildman–Crippen MR) is 91.2 cm³/mol. The molecule has 7 heteroatoms. The average Bonchev–Trinajstić information content (AvgIpc) is 2.68. The molecule has 0 spiro atoms. The summed E-state index contributed by atoms with van der Waals surface area (Å²) in [5, 5.41) is 0. The number of carbonyl (C=O) groups excluding carboxylic acids is 2. The highest BCUT2D eigenvalue weighted by Gasteiger charge is 2.31. The normalized spacial score (nSPS) is 18.0. The maximum absolute atomic E-state index is 12.7. The van der Waals surface area contributed by atoms with E-state index in [1.165, 1.54) is 18.2 Å². The van der Waals surface area contributed by atoms with Crippen molar-refractivity contribution >= 4 is 18.1 Å². The van der Waals surface area contributed by atoms with Crippen molar-refractivity contribution < 1.29 is 27.5 Å². The fraction of sp³-hybridized carbons (Fsp3) is 0.474. The highest BCUT2D eigenvalue weighted by atomic mass is 19.4. The molecular weight excluding hydrogens is 347 g/mol. The second-order valence-corrected chi connectivity index (χ2v) is 7.18. The highest BCUT2D eigenvalue weighted by molar-refractivity contribution is 6.05. The summed E-state index contributed by atoms with van der Waals surface area (Å²) < 4.78 is 43.2. The predicted octanol–water partition coefficient (Wildman–Crippen LogP) is 5.04. The number of ether oxygens (including phenoxy) is 1. The van der Waals surface area contributed by atoms with E-state index in [0.717, 1.165) is 17.0 Å². The summed E-state index contributed by atoms with van der Waals surface area (Å²) >= 11 is 0. The molecule has 2 amide bonds. The third-order valence-electron chi connectivity index (χ3n) is 3.79. The third-order valence-corrected chi connectivity index (χ3v) is 3.79. The van der Waals surface area contributed by atoms with Crippen LogP contribution in [0.25, 0.3) is 6.08 Å². The van der Waals surface area contributed by atoms with Crippen molar-refractivity contribution in [3.63, 3.8) is 0 Å². The molecule has 142 valence electrons. The van der Waals surface area contributed by atoms with Crippen LogP contribution in [-0.4, -0.2) is 29.0 Å².